The van der Waals surface area contributed by atoms with Gasteiger partial charge in [0.2, 0.25) is 0 Å². The molecule has 0 aliphatic carbocycles. The van der Waals surface area contributed by atoms with Gasteiger partial charge in [-0.1, -0.05) is 65.0 Å². The molecule has 166 valence electrons. The number of aromatic nitrogens is 2. The minimum atomic E-state index is -0.382. The minimum Gasteiger partial charge on any atom is -0.321 e. The molecule has 4 aromatic rings. The van der Waals surface area contributed by atoms with Crippen LogP contribution in [0.4, 0.5) is 10.1 Å². The zero-order chi connectivity index (χ0) is 23.2. The quantitative estimate of drug-likeness (QED) is 0.216. The monoisotopic (exact) mass is 495 g/mol. The molecule has 1 amide bonds. The number of hydrogen-bond donors (Lipinski definition) is 1. The van der Waals surface area contributed by atoms with Gasteiger partial charge in [0.15, 0.2) is 5.16 Å². The number of nitrogens with zero attached hydrogens (tertiary/aromatic N) is 2. The second kappa shape index (κ2) is 10.8. The molecule has 0 saturated heterocycles. The first-order valence-electron chi connectivity index (χ1n) is 10.0. The summed E-state index contributed by atoms with van der Waals surface area (Å²) in [4.78, 5) is 23.7. The van der Waals surface area contributed by atoms with Gasteiger partial charge < -0.3 is 5.32 Å². The van der Waals surface area contributed by atoms with Crippen LogP contribution in [0.1, 0.15) is 21.6 Å². The van der Waals surface area contributed by atoms with Crippen molar-refractivity contribution >= 4 is 46.7 Å². The molecule has 0 fully saturated rings. The van der Waals surface area contributed by atoms with Crippen molar-refractivity contribution in [3.63, 3.8) is 0 Å². The highest BCUT2D eigenvalue weighted by Crippen LogP contribution is 2.31. The molecular weight excluding hydrogens is 477 g/mol. The van der Waals surface area contributed by atoms with Crippen LogP contribution >= 0.6 is 35.1 Å². The van der Waals surface area contributed by atoms with Crippen LogP contribution in [-0.2, 0) is 5.75 Å². The van der Waals surface area contributed by atoms with E-state index in [1.807, 2.05) is 55.5 Å². The molecule has 0 atom stereocenters. The molecule has 33 heavy (non-hydrogen) atoms. The van der Waals surface area contributed by atoms with E-state index in [1.165, 1.54) is 47.8 Å². The van der Waals surface area contributed by atoms with Crippen molar-refractivity contribution in [1.82, 2.24) is 9.97 Å². The molecule has 0 radical (unpaired) electrons. The summed E-state index contributed by atoms with van der Waals surface area (Å²) in [5.41, 5.74) is 2.97. The zero-order valence-electron chi connectivity index (χ0n) is 17.6. The third-order valence-electron chi connectivity index (χ3n) is 4.58. The lowest BCUT2D eigenvalue weighted by Gasteiger charge is -2.11. The minimum absolute atomic E-state index is 0.263. The third kappa shape index (κ3) is 6.57. The van der Waals surface area contributed by atoms with Gasteiger partial charge in [0.05, 0.1) is 4.90 Å². The van der Waals surface area contributed by atoms with Gasteiger partial charge in [-0.05, 0) is 61.0 Å². The summed E-state index contributed by atoms with van der Waals surface area (Å²) in [6.45, 7) is 2.02. The van der Waals surface area contributed by atoms with Gasteiger partial charge in [0.1, 0.15) is 11.5 Å². The predicted molar refractivity (Wildman–Crippen MR) is 133 cm³/mol. The molecule has 0 unspecified atom stereocenters. The summed E-state index contributed by atoms with van der Waals surface area (Å²) in [7, 11) is 0. The van der Waals surface area contributed by atoms with Crippen LogP contribution in [0.3, 0.4) is 0 Å². The fourth-order valence-electron chi connectivity index (χ4n) is 2.85. The molecule has 1 aromatic heterocycles. The number of benzene rings is 3. The number of thioether (sulfide) groups is 1. The molecule has 1 heterocycles. The first-order chi connectivity index (χ1) is 16.0. The normalized spacial score (nSPS) is 10.8. The lowest BCUT2D eigenvalue weighted by Crippen LogP contribution is -2.16. The topological polar surface area (TPSA) is 54.9 Å². The number of aryl methyl sites for hydroxylation is 1. The summed E-state index contributed by atoms with van der Waals surface area (Å²) in [5.74, 6) is -0.112. The largest absolute Gasteiger partial charge is 0.321 e. The molecule has 4 nitrogen and oxygen atoms in total. The van der Waals surface area contributed by atoms with Gasteiger partial charge in [-0.15, -0.1) is 0 Å². The van der Waals surface area contributed by atoms with Gasteiger partial charge in [0.25, 0.3) is 5.91 Å². The summed E-state index contributed by atoms with van der Waals surface area (Å²) in [5, 5.41) is 3.96. The zero-order valence-corrected chi connectivity index (χ0v) is 20.0. The highest BCUT2D eigenvalue weighted by atomic mass is 35.5. The lowest BCUT2D eigenvalue weighted by atomic mass is 10.2. The van der Waals surface area contributed by atoms with Crippen LogP contribution in [0.15, 0.2) is 93.9 Å². The summed E-state index contributed by atoms with van der Waals surface area (Å²) in [6, 6.07) is 21.2. The Labute approximate surface area is 205 Å². The number of carbonyl (C=O) groups is 1. The second-order valence-electron chi connectivity index (χ2n) is 7.16. The maximum Gasteiger partial charge on any atom is 0.275 e. The number of nitrogens with one attached hydrogen (secondary N) is 1. The standard InChI is InChI=1S/C25H19ClFN3OS2/c1-16-2-12-21(13-3-16)33-22-14-28-25(32-15-17-4-6-18(26)7-5-17)30-23(22)24(31)29-20-10-8-19(27)9-11-20/h2-14H,15H2,1H3,(H,29,31). The van der Waals surface area contributed by atoms with E-state index < -0.39 is 0 Å². The van der Waals surface area contributed by atoms with Crippen molar-refractivity contribution in [3.05, 3.63) is 107 Å². The van der Waals surface area contributed by atoms with E-state index in [9.17, 15) is 9.18 Å². The van der Waals surface area contributed by atoms with Crippen LogP contribution < -0.4 is 5.32 Å². The van der Waals surface area contributed by atoms with Crippen molar-refractivity contribution in [3.8, 4) is 0 Å². The Hall–Kier alpha value is -2.87. The molecule has 8 heteroatoms. The van der Waals surface area contributed by atoms with Crippen LogP contribution in [0, 0.1) is 12.7 Å². The summed E-state index contributed by atoms with van der Waals surface area (Å²) >= 11 is 8.80. The molecule has 4 rings (SSSR count). The Kier molecular flexibility index (Phi) is 7.65. The maximum absolute atomic E-state index is 13.2. The highest BCUT2D eigenvalue weighted by Gasteiger charge is 2.17. The average molecular weight is 496 g/mol. The van der Waals surface area contributed by atoms with E-state index in [4.69, 9.17) is 11.6 Å². The molecular formula is C25H19ClFN3OS2. The third-order valence-corrected chi connectivity index (χ3v) is 6.79. The molecule has 1 N–H and O–H groups in total. The fourth-order valence-corrected chi connectivity index (χ4v) is 4.61. The second-order valence-corrected chi connectivity index (χ2v) is 9.65. The Morgan fingerprint density at radius 3 is 2.39 bits per heavy atom. The first-order valence-corrected chi connectivity index (χ1v) is 12.2. The summed E-state index contributed by atoms with van der Waals surface area (Å²) < 4.78 is 13.2. The molecule has 3 aromatic carbocycles. The smallest absolute Gasteiger partial charge is 0.275 e. The number of rotatable bonds is 7. The Morgan fingerprint density at radius 2 is 1.70 bits per heavy atom. The van der Waals surface area contributed by atoms with Crippen molar-refractivity contribution < 1.29 is 9.18 Å². The first kappa shape index (κ1) is 23.3. The Bertz CT molecular complexity index is 1250. The predicted octanol–water partition coefficient (Wildman–Crippen LogP) is 7.27. The Morgan fingerprint density at radius 1 is 1.00 bits per heavy atom. The van der Waals surface area contributed by atoms with Gasteiger partial charge >= 0.3 is 0 Å². The molecule has 0 saturated carbocycles. The van der Waals surface area contributed by atoms with Crippen LogP contribution in [0.2, 0.25) is 5.02 Å². The van der Waals surface area contributed by atoms with E-state index in [1.54, 1.807) is 6.20 Å². The molecule has 0 spiro atoms. The van der Waals surface area contributed by atoms with Crippen molar-refractivity contribution in [2.45, 2.75) is 27.6 Å². The summed E-state index contributed by atoms with van der Waals surface area (Å²) in [6.07, 6.45) is 1.67. The van der Waals surface area contributed by atoms with Crippen molar-refractivity contribution in [2.24, 2.45) is 0 Å². The number of anilines is 1. The number of carbonyl (C=O) groups excluding carboxylic acids is 1. The van der Waals surface area contributed by atoms with Gasteiger partial charge in [-0.25, -0.2) is 14.4 Å². The average Bonchev–Trinajstić information content (AvgIpc) is 2.82. The van der Waals surface area contributed by atoms with Crippen LogP contribution in [-0.4, -0.2) is 15.9 Å². The van der Waals surface area contributed by atoms with E-state index in [0.29, 0.717) is 26.5 Å². The van der Waals surface area contributed by atoms with Crippen LogP contribution in [0.5, 0.6) is 0 Å². The number of amides is 1. The maximum atomic E-state index is 13.2. The van der Waals surface area contributed by atoms with E-state index in [-0.39, 0.29) is 17.4 Å². The number of halogens is 2. The van der Waals surface area contributed by atoms with Gasteiger partial charge in [-0.2, -0.15) is 0 Å². The van der Waals surface area contributed by atoms with E-state index >= 15 is 0 Å². The van der Waals surface area contributed by atoms with Crippen molar-refractivity contribution in [1.29, 1.82) is 0 Å². The molecule has 0 aliphatic heterocycles. The van der Waals surface area contributed by atoms with E-state index in [2.05, 4.69) is 15.3 Å². The lowest BCUT2D eigenvalue weighted by molar-refractivity contribution is 0.101. The highest BCUT2D eigenvalue weighted by molar-refractivity contribution is 7.99. The fraction of sp³-hybridized carbons (Fsp3) is 0.0800. The Balaban J connectivity index is 1.58. The molecule has 0 bridgehead atoms. The number of hydrogen-bond acceptors (Lipinski definition) is 5. The van der Waals surface area contributed by atoms with Crippen LogP contribution in [0.25, 0.3) is 0 Å². The van der Waals surface area contributed by atoms with Gasteiger partial charge in [0, 0.05) is 27.6 Å². The van der Waals surface area contributed by atoms with E-state index in [0.717, 1.165) is 16.0 Å². The molecule has 0 aliphatic rings. The van der Waals surface area contributed by atoms with Gasteiger partial charge in [-0.3, -0.25) is 4.79 Å². The van der Waals surface area contributed by atoms with Crippen molar-refractivity contribution in [2.75, 3.05) is 5.32 Å². The SMILES string of the molecule is Cc1ccc(Sc2cnc(SCc3ccc(Cl)cc3)nc2C(=O)Nc2ccc(F)cc2)cc1.